The number of nitrogens with zero attached hydrogens (tertiary/aromatic N) is 3. The molecule has 2 aromatic carbocycles. The second-order valence-electron chi connectivity index (χ2n) is 6.73. The van der Waals surface area contributed by atoms with Gasteiger partial charge < -0.3 is 14.3 Å². The Morgan fingerprint density at radius 3 is 2.83 bits per heavy atom. The lowest BCUT2D eigenvalue weighted by atomic mass is 10.1. The Bertz CT molecular complexity index is 1230. The molecule has 0 spiro atoms. The maximum atomic E-state index is 12.4. The topological polar surface area (TPSA) is 103 Å². The van der Waals surface area contributed by atoms with Gasteiger partial charge in [0, 0.05) is 24.6 Å². The van der Waals surface area contributed by atoms with Crippen molar-refractivity contribution in [2.75, 3.05) is 6.54 Å². The maximum Gasteiger partial charge on any atom is 0.420 e. The minimum Gasteiger partial charge on any atom is -0.408 e. The van der Waals surface area contributed by atoms with Gasteiger partial charge in [-0.1, -0.05) is 30.3 Å². The van der Waals surface area contributed by atoms with Gasteiger partial charge in [0.2, 0.25) is 11.7 Å². The molecule has 8 nitrogen and oxygen atoms in total. The fourth-order valence-electron chi connectivity index (χ4n) is 3.10. The number of carbonyl (C=O) groups is 1. The monoisotopic (exact) mass is 392 g/mol. The molecule has 0 saturated heterocycles. The highest BCUT2D eigenvalue weighted by atomic mass is 16.5. The Kier molecular flexibility index (Phi) is 4.99. The maximum absolute atomic E-state index is 12.4. The van der Waals surface area contributed by atoms with Crippen LogP contribution in [0.2, 0.25) is 0 Å². The summed E-state index contributed by atoms with van der Waals surface area (Å²) < 4.78 is 11.9. The minimum atomic E-state index is -0.480. The molecule has 0 aliphatic rings. The van der Waals surface area contributed by atoms with E-state index in [9.17, 15) is 9.59 Å². The van der Waals surface area contributed by atoms with Crippen LogP contribution in [0.4, 0.5) is 0 Å². The summed E-state index contributed by atoms with van der Waals surface area (Å²) in [7, 11) is 0. The summed E-state index contributed by atoms with van der Waals surface area (Å²) in [5.41, 5.74) is 3.15. The van der Waals surface area contributed by atoms with E-state index in [0.29, 0.717) is 34.9 Å². The molecule has 2 heterocycles. The number of carbonyl (C=O) groups excluding carboxylic acids is 1. The highest BCUT2D eigenvalue weighted by Gasteiger charge is 2.14. The van der Waals surface area contributed by atoms with Gasteiger partial charge in [-0.25, -0.2) is 4.79 Å². The van der Waals surface area contributed by atoms with Gasteiger partial charge in [-0.3, -0.25) is 9.36 Å². The van der Waals surface area contributed by atoms with E-state index in [2.05, 4.69) is 15.5 Å². The van der Waals surface area contributed by atoms with Crippen molar-refractivity contribution in [3.8, 4) is 11.4 Å². The van der Waals surface area contributed by atoms with Gasteiger partial charge in [0.1, 0.15) is 0 Å². The van der Waals surface area contributed by atoms with E-state index in [1.165, 1.54) is 4.57 Å². The molecule has 4 aromatic rings. The first kappa shape index (κ1) is 18.7. The number of aryl methyl sites for hydroxylation is 1. The largest absolute Gasteiger partial charge is 0.420 e. The van der Waals surface area contributed by atoms with Crippen LogP contribution >= 0.6 is 0 Å². The third kappa shape index (κ3) is 3.82. The zero-order valence-electron chi connectivity index (χ0n) is 16.1. The Morgan fingerprint density at radius 1 is 1.21 bits per heavy atom. The van der Waals surface area contributed by atoms with Crippen LogP contribution in [-0.4, -0.2) is 27.2 Å². The lowest BCUT2D eigenvalue weighted by Crippen LogP contribution is -2.24. The van der Waals surface area contributed by atoms with Crippen molar-refractivity contribution < 1.29 is 13.7 Å². The third-order valence-corrected chi connectivity index (χ3v) is 4.52. The van der Waals surface area contributed by atoms with Gasteiger partial charge in [0.05, 0.1) is 12.1 Å². The normalized spacial score (nSPS) is 11.1. The number of oxazole rings is 1. The lowest BCUT2D eigenvalue weighted by molar-refractivity contribution is 0.0954. The van der Waals surface area contributed by atoms with Gasteiger partial charge in [0.15, 0.2) is 5.58 Å². The molecule has 148 valence electrons. The number of rotatable bonds is 6. The van der Waals surface area contributed by atoms with Crippen molar-refractivity contribution in [3.63, 3.8) is 0 Å². The zero-order chi connectivity index (χ0) is 20.4. The number of hydrogen-bond acceptors (Lipinski definition) is 6. The molecule has 2 aromatic heterocycles. The van der Waals surface area contributed by atoms with Gasteiger partial charge in [0.25, 0.3) is 5.91 Å². The second-order valence-corrected chi connectivity index (χ2v) is 6.73. The van der Waals surface area contributed by atoms with E-state index in [1.807, 2.05) is 31.2 Å². The summed E-state index contributed by atoms with van der Waals surface area (Å²) in [4.78, 5) is 28.9. The molecule has 0 fully saturated rings. The number of benzene rings is 2. The smallest absolute Gasteiger partial charge is 0.408 e. The molecule has 0 aliphatic heterocycles. The number of hydrogen-bond donors (Lipinski definition) is 1. The predicted octanol–water partition coefficient (Wildman–Crippen LogP) is 3.14. The Balaban J connectivity index is 1.68. The summed E-state index contributed by atoms with van der Waals surface area (Å²) in [5.74, 6) is 0.315. The molecule has 1 amide bonds. The Morgan fingerprint density at radius 2 is 2.07 bits per heavy atom. The molecular weight excluding hydrogens is 372 g/mol. The number of aromatic nitrogens is 3. The van der Waals surface area contributed by atoms with Crippen LogP contribution in [0.5, 0.6) is 0 Å². The van der Waals surface area contributed by atoms with Crippen molar-refractivity contribution in [3.05, 3.63) is 70.0 Å². The standard InChI is InChI=1S/C21H20N4O4/c1-3-9-22-20(26)16-7-8-18-17(11-16)25(21(27)28-18)12-14-5-4-6-15(10-14)19-23-13(2)29-24-19/h4-8,10-11H,3,9,12H2,1-2H3,(H,22,26). The molecule has 4 rings (SSSR count). The molecule has 1 N–H and O–H groups in total. The van der Waals surface area contributed by atoms with Crippen LogP contribution in [0.15, 0.2) is 56.2 Å². The molecule has 0 unspecified atom stereocenters. The molecule has 29 heavy (non-hydrogen) atoms. The molecular formula is C21H20N4O4. The molecule has 8 heteroatoms. The Hall–Kier alpha value is -3.68. The average molecular weight is 392 g/mol. The molecule has 0 bridgehead atoms. The van der Waals surface area contributed by atoms with Crippen LogP contribution in [-0.2, 0) is 6.54 Å². The quantitative estimate of drug-likeness (QED) is 0.541. The molecule has 0 aliphatic carbocycles. The lowest BCUT2D eigenvalue weighted by Gasteiger charge is -2.06. The summed E-state index contributed by atoms with van der Waals surface area (Å²) in [5, 5.41) is 6.77. The zero-order valence-corrected chi connectivity index (χ0v) is 16.1. The van der Waals surface area contributed by atoms with Crippen LogP contribution in [0, 0.1) is 6.92 Å². The molecule has 0 saturated carbocycles. The van der Waals surface area contributed by atoms with E-state index in [1.54, 1.807) is 25.1 Å². The van der Waals surface area contributed by atoms with Gasteiger partial charge in [-0.15, -0.1) is 0 Å². The van der Waals surface area contributed by atoms with Crippen LogP contribution < -0.4 is 11.1 Å². The van der Waals surface area contributed by atoms with Gasteiger partial charge in [-0.2, -0.15) is 4.98 Å². The Labute approximate surface area is 166 Å². The van der Waals surface area contributed by atoms with Gasteiger partial charge >= 0.3 is 5.76 Å². The van der Waals surface area contributed by atoms with Crippen molar-refractivity contribution in [1.82, 2.24) is 20.0 Å². The highest BCUT2D eigenvalue weighted by Crippen LogP contribution is 2.20. The van der Waals surface area contributed by atoms with Crippen molar-refractivity contribution >= 4 is 17.0 Å². The van der Waals surface area contributed by atoms with E-state index >= 15 is 0 Å². The number of amides is 1. The summed E-state index contributed by atoms with van der Waals surface area (Å²) in [6.45, 7) is 4.60. The van der Waals surface area contributed by atoms with E-state index in [4.69, 9.17) is 8.94 Å². The molecule has 0 radical (unpaired) electrons. The van der Waals surface area contributed by atoms with Crippen LogP contribution in [0.3, 0.4) is 0 Å². The fourth-order valence-corrected chi connectivity index (χ4v) is 3.10. The first-order valence-corrected chi connectivity index (χ1v) is 9.36. The minimum absolute atomic E-state index is 0.177. The van der Waals surface area contributed by atoms with Crippen LogP contribution in [0.25, 0.3) is 22.5 Å². The first-order chi connectivity index (χ1) is 14.0. The second kappa shape index (κ2) is 7.75. The average Bonchev–Trinajstić information content (AvgIpc) is 3.29. The fraction of sp³-hybridized carbons (Fsp3) is 0.238. The summed E-state index contributed by atoms with van der Waals surface area (Å²) in [6.07, 6.45) is 0.848. The van der Waals surface area contributed by atoms with E-state index in [-0.39, 0.29) is 12.5 Å². The van der Waals surface area contributed by atoms with Crippen molar-refractivity contribution in [1.29, 1.82) is 0 Å². The van der Waals surface area contributed by atoms with Gasteiger partial charge in [-0.05, 0) is 36.2 Å². The summed E-state index contributed by atoms with van der Waals surface area (Å²) in [6, 6.07) is 12.5. The molecule has 0 atom stereocenters. The number of fused-ring (bicyclic) bond motifs is 1. The first-order valence-electron chi connectivity index (χ1n) is 9.36. The highest BCUT2D eigenvalue weighted by molar-refractivity contribution is 5.97. The van der Waals surface area contributed by atoms with E-state index in [0.717, 1.165) is 17.5 Å². The predicted molar refractivity (Wildman–Crippen MR) is 107 cm³/mol. The number of nitrogens with one attached hydrogen (secondary N) is 1. The van der Waals surface area contributed by atoms with E-state index < -0.39 is 5.76 Å². The van der Waals surface area contributed by atoms with Crippen molar-refractivity contribution in [2.45, 2.75) is 26.8 Å². The van der Waals surface area contributed by atoms with Crippen LogP contribution in [0.1, 0.15) is 35.2 Å². The summed E-state index contributed by atoms with van der Waals surface area (Å²) >= 11 is 0. The van der Waals surface area contributed by atoms with Crippen molar-refractivity contribution in [2.24, 2.45) is 0 Å². The SMILES string of the molecule is CCCNC(=O)c1ccc2oc(=O)n(Cc3cccc(-c4noc(C)n4)c3)c2c1. The third-order valence-electron chi connectivity index (χ3n) is 4.52.